The average Bonchev–Trinajstić information content (AvgIpc) is 2.56. The van der Waals surface area contributed by atoms with Crippen molar-refractivity contribution < 1.29 is 4.79 Å². The number of nitrogens with one attached hydrogen (secondary N) is 1. The van der Waals surface area contributed by atoms with Crippen molar-refractivity contribution in [1.82, 2.24) is 20.3 Å². The van der Waals surface area contributed by atoms with Gasteiger partial charge < -0.3 is 5.32 Å². The Balaban J connectivity index is 2.18. The van der Waals surface area contributed by atoms with Crippen LogP contribution in [0.15, 0.2) is 12.4 Å². The summed E-state index contributed by atoms with van der Waals surface area (Å²) < 4.78 is 1.66. The third-order valence-corrected chi connectivity index (χ3v) is 1.73. The van der Waals surface area contributed by atoms with Crippen molar-refractivity contribution in [3.05, 3.63) is 12.4 Å². The Labute approximate surface area is 81.9 Å². The van der Waals surface area contributed by atoms with Gasteiger partial charge in [0.25, 0.3) is 0 Å². The van der Waals surface area contributed by atoms with Crippen LogP contribution in [0.25, 0.3) is 0 Å². The molecule has 13 heavy (non-hydrogen) atoms. The molecule has 1 heterocycles. The Morgan fingerprint density at radius 1 is 1.77 bits per heavy atom. The van der Waals surface area contributed by atoms with E-state index in [0.29, 0.717) is 13.1 Å². The van der Waals surface area contributed by atoms with Crippen molar-refractivity contribution in [2.24, 2.45) is 0 Å². The molecular weight excluding hydrogens is 188 g/mol. The fourth-order valence-electron chi connectivity index (χ4n) is 0.793. The molecule has 0 radical (unpaired) electrons. The van der Waals surface area contributed by atoms with Crippen molar-refractivity contribution >= 4 is 18.5 Å². The zero-order valence-corrected chi connectivity index (χ0v) is 8.24. The van der Waals surface area contributed by atoms with Gasteiger partial charge in [-0.3, -0.25) is 9.48 Å². The lowest BCUT2D eigenvalue weighted by atomic mass is 10.4. The highest BCUT2D eigenvalue weighted by atomic mass is 32.1. The number of rotatable bonds is 4. The Morgan fingerprint density at radius 2 is 2.54 bits per heavy atom. The molecule has 1 atom stereocenters. The van der Waals surface area contributed by atoms with E-state index in [-0.39, 0.29) is 11.2 Å². The normalized spacial score (nSPS) is 12.5. The number of carbonyl (C=O) groups excluding carboxylic acids is 1. The van der Waals surface area contributed by atoms with E-state index in [1.807, 2.05) is 0 Å². The molecule has 0 saturated heterocycles. The minimum atomic E-state index is -0.268. The number of aromatic nitrogens is 3. The monoisotopic (exact) mass is 200 g/mol. The van der Waals surface area contributed by atoms with Gasteiger partial charge in [0.05, 0.1) is 18.0 Å². The van der Waals surface area contributed by atoms with Gasteiger partial charge in [-0.2, -0.15) is 12.6 Å². The first-order chi connectivity index (χ1) is 6.20. The minimum Gasteiger partial charge on any atom is -0.353 e. The predicted molar refractivity (Wildman–Crippen MR) is 51.5 cm³/mol. The molecule has 1 unspecified atom stereocenters. The largest absolute Gasteiger partial charge is 0.353 e. The van der Waals surface area contributed by atoms with Gasteiger partial charge in [0.1, 0.15) is 0 Å². The summed E-state index contributed by atoms with van der Waals surface area (Å²) in [5.74, 6) is -0.0663. The second kappa shape index (κ2) is 4.86. The molecule has 0 aliphatic heterocycles. The molecule has 6 heteroatoms. The number of thiol groups is 1. The molecule has 1 amide bonds. The van der Waals surface area contributed by atoms with E-state index in [4.69, 9.17) is 0 Å². The molecule has 1 aromatic rings. The van der Waals surface area contributed by atoms with Gasteiger partial charge in [-0.1, -0.05) is 5.21 Å². The summed E-state index contributed by atoms with van der Waals surface area (Å²) in [4.78, 5) is 11.0. The van der Waals surface area contributed by atoms with Gasteiger partial charge in [-0.15, -0.1) is 5.10 Å². The van der Waals surface area contributed by atoms with Crippen LogP contribution < -0.4 is 5.32 Å². The third kappa shape index (κ3) is 3.45. The Bertz CT molecular complexity index is 259. The van der Waals surface area contributed by atoms with Crippen LogP contribution in [0.4, 0.5) is 0 Å². The van der Waals surface area contributed by atoms with Crippen molar-refractivity contribution in [3.63, 3.8) is 0 Å². The second-order valence-corrected chi connectivity index (χ2v) is 3.41. The highest BCUT2D eigenvalue weighted by molar-refractivity contribution is 7.81. The van der Waals surface area contributed by atoms with E-state index in [9.17, 15) is 4.79 Å². The van der Waals surface area contributed by atoms with E-state index < -0.39 is 0 Å². The topological polar surface area (TPSA) is 59.8 Å². The highest BCUT2D eigenvalue weighted by Crippen LogP contribution is 1.90. The number of nitrogens with zero attached hydrogens (tertiary/aromatic N) is 3. The lowest BCUT2D eigenvalue weighted by Crippen LogP contribution is -2.32. The highest BCUT2D eigenvalue weighted by Gasteiger charge is 2.05. The summed E-state index contributed by atoms with van der Waals surface area (Å²) in [5.41, 5.74) is 0. The van der Waals surface area contributed by atoms with Gasteiger partial charge in [0.15, 0.2) is 0 Å². The van der Waals surface area contributed by atoms with E-state index in [1.165, 1.54) is 0 Å². The van der Waals surface area contributed by atoms with Crippen molar-refractivity contribution in [2.45, 2.75) is 18.7 Å². The molecule has 0 aliphatic carbocycles. The SMILES string of the molecule is CC(S)C(=O)NCCn1ccnn1. The fraction of sp³-hybridized carbons (Fsp3) is 0.571. The van der Waals surface area contributed by atoms with E-state index in [0.717, 1.165) is 0 Å². The van der Waals surface area contributed by atoms with Crippen LogP contribution in [0.2, 0.25) is 0 Å². The molecular formula is C7H12N4OS. The first-order valence-electron chi connectivity index (χ1n) is 4.00. The molecule has 1 aromatic heterocycles. The van der Waals surface area contributed by atoms with Crippen molar-refractivity contribution in [1.29, 1.82) is 0 Å². The molecule has 1 rings (SSSR count). The Hall–Kier alpha value is -1.04. The first-order valence-corrected chi connectivity index (χ1v) is 4.51. The van der Waals surface area contributed by atoms with Crippen LogP contribution in [0, 0.1) is 0 Å². The fourth-order valence-corrected chi connectivity index (χ4v) is 0.885. The zero-order chi connectivity index (χ0) is 9.68. The average molecular weight is 200 g/mol. The molecule has 0 spiro atoms. The predicted octanol–water partition coefficient (Wildman–Crippen LogP) is -0.287. The van der Waals surface area contributed by atoms with Crippen LogP contribution in [0.1, 0.15) is 6.92 Å². The molecule has 0 saturated carbocycles. The van der Waals surface area contributed by atoms with Gasteiger partial charge in [-0.05, 0) is 6.92 Å². The minimum absolute atomic E-state index is 0.0663. The third-order valence-electron chi connectivity index (χ3n) is 1.49. The lowest BCUT2D eigenvalue weighted by Gasteiger charge is -2.06. The Kier molecular flexibility index (Phi) is 3.75. The van der Waals surface area contributed by atoms with Gasteiger partial charge in [0, 0.05) is 12.7 Å². The molecule has 0 aromatic carbocycles. The zero-order valence-electron chi connectivity index (χ0n) is 7.34. The number of carbonyl (C=O) groups is 1. The van der Waals surface area contributed by atoms with E-state index >= 15 is 0 Å². The second-order valence-electron chi connectivity index (χ2n) is 2.63. The van der Waals surface area contributed by atoms with Crippen molar-refractivity contribution in [3.8, 4) is 0 Å². The maximum atomic E-state index is 11.0. The summed E-state index contributed by atoms with van der Waals surface area (Å²) in [5, 5.41) is 9.84. The molecule has 0 fully saturated rings. The maximum absolute atomic E-state index is 11.0. The Morgan fingerprint density at radius 3 is 3.08 bits per heavy atom. The van der Waals surface area contributed by atoms with Gasteiger partial charge in [0.2, 0.25) is 5.91 Å². The molecule has 72 valence electrons. The molecule has 0 aliphatic rings. The quantitative estimate of drug-likeness (QED) is 0.657. The smallest absolute Gasteiger partial charge is 0.232 e. The van der Waals surface area contributed by atoms with E-state index in [1.54, 1.807) is 24.0 Å². The van der Waals surface area contributed by atoms with E-state index in [2.05, 4.69) is 28.3 Å². The summed E-state index contributed by atoms with van der Waals surface area (Å²) in [6, 6.07) is 0. The number of amides is 1. The van der Waals surface area contributed by atoms with Gasteiger partial charge in [-0.25, -0.2) is 0 Å². The van der Waals surface area contributed by atoms with Gasteiger partial charge >= 0.3 is 0 Å². The standard InChI is InChI=1S/C7H12N4OS/c1-6(13)7(12)8-2-4-11-5-3-9-10-11/h3,5-6,13H,2,4H2,1H3,(H,8,12). The maximum Gasteiger partial charge on any atom is 0.232 e. The number of hydrogen-bond acceptors (Lipinski definition) is 4. The number of hydrogen-bond donors (Lipinski definition) is 2. The molecule has 0 bridgehead atoms. The van der Waals surface area contributed by atoms with Crippen LogP contribution in [-0.2, 0) is 11.3 Å². The first kappa shape index (κ1) is 10.0. The van der Waals surface area contributed by atoms with Crippen LogP contribution in [0.3, 0.4) is 0 Å². The summed E-state index contributed by atoms with van der Waals surface area (Å²) in [6.07, 6.45) is 3.35. The molecule has 1 N–H and O–H groups in total. The summed E-state index contributed by atoms with van der Waals surface area (Å²) in [6.45, 7) is 2.91. The van der Waals surface area contributed by atoms with Crippen LogP contribution >= 0.6 is 12.6 Å². The summed E-state index contributed by atoms with van der Waals surface area (Å²) in [7, 11) is 0. The summed E-state index contributed by atoms with van der Waals surface area (Å²) >= 11 is 3.99. The van der Waals surface area contributed by atoms with Crippen LogP contribution in [-0.4, -0.2) is 32.7 Å². The van der Waals surface area contributed by atoms with Crippen LogP contribution in [0.5, 0.6) is 0 Å². The van der Waals surface area contributed by atoms with Crippen molar-refractivity contribution in [2.75, 3.05) is 6.54 Å². The lowest BCUT2D eigenvalue weighted by molar-refractivity contribution is -0.120. The molecule has 5 nitrogen and oxygen atoms in total.